The van der Waals surface area contributed by atoms with E-state index in [9.17, 15) is 4.79 Å². The summed E-state index contributed by atoms with van der Waals surface area (Å²) in [6.45, 7) is 5.01. The number of amides is 1. The molecule has 1 aliphatic rings. The third-order valence-corrected chi connectivity index (χ3v) is 4.58. The first-order chi connectivity index (χ1) is 10.1. The lowest BCUT2D eigenvalue weighted by atomic mass is 10.1. The standard InChI is InChI=1S/C15H18N4OS/c1-11-2-3-12(16)10-13(11)14(20)18-5-7-19(8-6-18)15-17-4-9-21-15/h2-4,9-10H,5-8,16H2,1H3. The number of aryl methyl sites for hydroxylation is 1. The van der Waals surface area contributed by atoms with Crippen molar-refractivity contribution in [2.24, 2.45) is 0 Å². The Morgan fingerprint density at radius 1 is 1.29 bits per heavy atom. The summed E-state index contributed by atoms with van der Waals surface area (Å²) in [6, 6.07) is 5.49. The van der Waals surface area contributed by atoms with Gasteiger partial charge in [-0.1, -0.05) is 6.07 Å². The first-order valence-corrected chi connectivity index (χ1v) is 7.83. The van der Waals surface area contributed by atoms with Crippen molar-refractivity contribution in [2.75, 3.05) is 36.8 Å². The normalized spacial score (nSPS) is 15.3. The van der Waals surface area contributed by atoms with Crippen LogP contribution in [-0.4, -0.2) is 42.0 Å². The number of carbonyl (C=O) groups is 1. The van der Waals surface area contributed by atoms with Crippen LogP contribution in [0.4, 0.5) is 10.8 Å². The van der Waals surface area contributed by atoms with Crippen molar-refractivity contribution < 1.29 is 4.79 Å². The molecule has 1 aliphatic heterocycles. The van der Waals surface area contributed by atoms with Crippen molar-refractivity contribution in [1.29, 1.82) is 0 Å². The largest absolute Gasteiger partial charge is 0.399 e. The molecule has 0 spiro atoms. The van der Waals surface area contributed by atoms with Gasteiger partial charge in [0.1, 0.15) is 0 Å². The van der Waals surface area contributed by atoms with Crippen LogP contribution in [0.25, 0.3) is 0 Å². The molecule has 1 fully saturated rings. The molecular formula is C15H18N4OS. The van der Waals surface area contributed by atoms with Crippen LogP contribution in [0, 0.1) is 6.92 Å². The van der Waals surface area contributed by atoms with Crippen LogP contribution in [0.5, 0.6) is 0 Å². The number of benzene rings is 1. The first kappa shape index (κ1) is 13.9. The van der Waals surface area contributed by atoms with Gasteiger partial charge in [-0.2, -0.15) is 0 Å². The molecule has 2 aromatic rings. The summed E-state index contributed by atoms with van der Waals surface area (Å²) in [6.07, 6.45) is 1.81. The molecule has 6 heteroatoms. The molecular weight excluding hydrogens is 284 g/mol. The number of piperazine rings is 1. The molecule has 5 nitrogen and oxygen atoms in total. The van der Waals surface area contributed by atoms with E-state index in [1.165, 1.54) is 0 Å². The van der Waals surface area contributed by atoms with Crippen LogP contribution >= 0.6 is 11.3 Å². The van der Waals surface area contributed by atoms with E-state index in [1.54, 1.807) is 17.4 Å². The second-order valence-electron chi connectivity index (χ2n) is 5.17. The van der Waals surface area contributed by atoms with Gasteiger partial charge in [0.25, 0.3) is 5.91 Å². The second kappa shape index (κ2) is 5.73. The molecule has 0 bridgehead atoms. The lowest BCUT2D eigenvalue weighted by molar-refractivity contribution is 0.0746. The van der Waals surface area contributed by atoms with Crippen LogP contribution < -0.4 is 10.6 Å². The summed E-state index contributed by atoms with van der Waals surface area (Å²) >= 11 is 1.63. The molecule has 0 atom stereocenters. The molecule has 0 unspecified atom stereocenters. The topological polar surface area (TPSA) is 62.5 Å². The first-order valence-electron chi connectivity index (χ1n) is 6.95. The molecule has 1 saturated heterocycles. The summed E-state index contributed by atoms with van der Waals surface area (Å²) < 4.78 is 0. The highest BCUT2D eigenvalue weighted by Gasteiger charge is 2.24. The summed E-state index contributed by atoms with van der Waals surface area (Å²) in [7, 11) is 0. The van der Waals surface area contributed by atoms with Gasteiger partial charge in [-0.15, -0.1) is 11.3 Å². The maximum absolute atomic E-state index is 12.6. The molecule has 21 heavy (non-hydrogen) atoms. The fraction of sp³-hybridized carbons (Fsp3) is 0.333. The van der Waals surface area contributed by atoms with Gasteiger partial charge in [0.15, 0.2) is 5.13 Å². The van der Waals surface area contributed by atoms with Gasteiger partial charge in [0.05, 0.1) is 0 Å². The third kappa shape index (κ3) is 2.85. The highest BCUT2D eigenvalue weighted by atomic mass is 32.1. The number of rotatable bonds is 2. The predicted molar refractivity (Wildman–Crippen MR) is 85.8 cm³/mol. The Morgan fingerprint density at radius 2 is 2.05 bits per heavy atom. The Kier molecular flexibility index (Phi) is 3.79. The average molecular weight is 302 g/mol. The summed E-state index contributed by atoms with van der Waals surface area (Å²) in [5, 5.41) is 3.01. The van der Waals surface area contributed by atoms with Gasteiger partial charge >= 0.3 is 0 Å². The van der Waals surface area contributed by atoms with Gasteiger partial charge in [-0.3, -0.25) is 4.79 Å². The maximum atomic E-state index is 12.6. The third-order valence-electron chi connectivity index (χ3n) is 3.75. The number of hydrogen-bond acceptors (Lipinski definition) is 5. The number of nitrogens with zero attached hydrogens (tertiary/aromatic N) is 3. The highest BCUT2D eigenvalue weighted by Crippen LogP contribution is 2.21. The molecule has 3 rings (SSSR count). The quantitative estimate of drug-likeness (QED) is 0.862. The van der Waals surface area contributed by atoms with Crippen molar-refractivity contribution in [3.8, 4) is 0 Å². The van der Waals surface area contributed by atoms with E-state index < -0.39 is 0 Å². The fourth-order valence-electron chi connectivity index (χ4n) is 2.51. The number of carbonyl (C=O) groups excluding carboxylic acids is 1. The molecule has 1 aromatic heterocycles. The molecule has 1 amide bonds. The fourth-order valence-corrected chi connectivity index (χ4v) is 3.21. The maximum Gasteiger partial charge on any atom is 0.254 e. The second-order valence-corrected chi connectivity index (χ2v) is 6.04. The van der Waals surface area contributed by atoms with E-state index >= 15 is 0 Å². The van der Waals surface area contributed by atoms with Crippen LogP contribution in [-0.2, 0) is 0 Å². The van der Waals surface area contributed by atoms with E-state index in [1.807, 2.05) is 35.5 Å². The zero-order valence-electron chi connectivity index (χ0n) is 12.0. The lowest BCUT2D eigenvalue weighted by Crippen LogP contribution is -2.48. The Morgan fingerprint density at radius 3 is 2.71 bits per heavy atom. The van der Waals surface area contributed by atoms with Crippen LogP contribution in [0.15, 0.2) is 29.8 Å². The highest BCUT2D eigenvalue weighted by molar-refractivity contribution is 7.13. The number of nitrogens with two attached hydrogens (primary N) is 1. The Hall–Kier alpha value is -2.08. The molecule has 1 aromatic carbocycles. The van der Waals surface area contributed by atoms with E-state index in [0.717, 1.165) is 23.8 Å². The zero-order valence-corrected chi connectivity index (χ0v) is 12.8. The lowest BCUT2D eigenvalue weighted by Gasteiger charge is -2.34. The number of thiazole rings is 1. The minimum Gasteiger partial charge on any atom is -0.399 e. The SMILES string of the molecule is Cc1ccc(N)cc1C(=O)N1CCN(c2nccs2)CC1. The number of anilines is 2. The predicted octanol–water partition coefficient (Wildman–Crippen LogP) is 2.00. The van der Waals surface area contributed by atoms with Gasteiger partial charge < -0.3 is 15.5 Å². The smallest absolute Gasteiger partial charge is 0.254 e. The Balaban J connectivity index is 1.69. The molecule has 0 saturated carbocycles. The summed E-state index contributed by atoms with van der Waals surface area (Å²) in [5.41, 5.74) is 8.10. The van der Waals surface area contributed by atoms with Crippen molar-refractivity contribution >= 4 is 28.1 Å². The summed E-state index contributed by atoms with van der Waals surface area (Å²) in [5.74, 6) is 0.0681. The van der Waals surface area contributed by atoms with E-state index in [4.69, 9.17) is 5.73 Å². The minimum absolute atomic E-state index is 0.0681. The molecule has 2 heterocycles. The van der Waals surface area contributed by atoms with Gasteiger partial charge in [0, 0.05) is 49.0 Å². The van der Waals surface area contributed by atoms with Crippen molar-refractivity contribution in [3.05, 3.63) is 40.9 Å². The van der Waals surface area contributed by atoms with Crippen molar-refractivity contribution in [1.82, 2.24) is 9.88 Å². The molecule has 0 radical (unpaired) electrons. The van der Waals surface area contributed by atoms with E-state index in [2.05, 4.69) is 9.88 Å². The monoisotopic (exact) mass is 302 g/mol. The molecule has 2 N–H and O–H groups in total. The number of nitrogen functional groups attached to an aromatic ring is 1. The van der Waals surface area contributed by atoms with Gasteiger partial charge in [-0.25, -0.2) is 4.98 Å². The van der Waals surface area contributed by atoms with Crippen molar-refractivity contribution in [3.63, 3.8) is 0 Å². The van der Waals surface area contributed by atoms with E-state index in [0.29, 0.717) is 24.3 Å². The van der Waals surface area contributed by atoms with Crippen LogP contribution in [0.2, 0.25) is 0 Å². The Bertz CT molecular complexity index is 633. The average Bonchev–Trinajstić information content (AvgIpc) is 3.03. The van der Waals surface area contributed by atoms with Gasteiger partial charge in [0.2, 0.25) is 0 Å². The molecule has 0 aliphatic carbocycles. The van der Waals surface area contributed by atoms with Gasteiger partial charge in [-0.05, 0) is 24.6 Å². The van der Waals surface area contributed by atoms with Crippen molar-refractivity contribution in [2.45, 2.75) is 6.92 Å². The Labute approximate surface area is 128 Å². The molecule has 110 valence electrons. The number of aromatic nitrogens is 1. The number of hydrogen-bond donors (Lipinski definition) is 1. The van der Waals surface area contributed by atoms with E-state index in [-0.39, 0.29) is 5.91 Å². The van der Waals surface area contributed by atoms with Crippen LogP contribution in [0.1, 0.15) is 15.9 Å². The minimum atomic E-state index is 0.0681. The van der Waals surface area contributed by atoms with Crippen LogP contribution in [0.3, 0.4) is 0 Å². The zero-order chi connectivity index (χ0) is 14.8. The summed E-state index contributed by atoms with van der Waals surface area (Å²) in [4.78, 5) is 21.0.